The molecule has 3 aromatic rings. The SMILES string of the molecule is COc1ccc(C(=O)N/C(=C\c2ccco2)C(=O)NCCSCc2cccc(Cl)c2)cc1. The lowest BCUT2D eigenvalue weighted by atomic mass is 10.2. The maximum atomic E-state index is 12.7. The Balaban J connectivity index is 1.57. The van der Waals surface area contributed by atoms with Crippen LogP contribution >= 0.6 is 23.4 Å². The lowest BCUT2D eigenvalue weighted by Gasteiger charge is -2.11. The number of ether oxygens (including phenoxy) is 1. The van der Waals surface area contributed by atoms with E-state index in [0.717, 1.165) is 11.3 Å². The summed E-state index contributed by atoms with van der Waals surface area (Å²) < 4.78 is 10.4. The highest BCUT2D eigenvalue weighted by Gasteiger charge is 2.15. The van der Waals surface area contributed by atoms with Gasteiger partial charge < -0.3 is 19.8 Å². The van der Waals surface area contributed by atoms with Crippen LogP contribution in [-0.4, -0.2) is 31.2 Å². The van der Waals surface area contributed by atoms with Gasteiger partial charge in [0.05, 0.1) is 13.4 Å². The number of furan rings is 1. The Morgan fingerprint density at radius 1 is 1.12 bits per heavy atom. The second kappa shape index (κ2) is 12.0. The Morgan fingerprint density at radius 2 is 1.94 bits per heavy atom. The van der Waals surface area contributed by atoms with Crippen molar-refractivity contribution < 1.29 is 18.7 Å². The van der Waals surface area contributed by atoms with Gasteiger partial charge in [0.25, 0.3) is 11.8 Å². The van der Waals surface area contributed by atoms with Crippen molar-refractivity contribution in [2.24, 2.45) is 0 Å². The summed E-state index contributed by atoms with van der Waals surface area (Å²) in [4.78, 5) is 25.4. The Morgan fingerprint density at radius 3 is 2.62 bits per heavy atom. The summed E-state index contributed by atoms with van der Waals surface area (Å²) in [6.45, 7) is 0.442. The molecule has 0 atom stereocenters. The predicted octanol–water partition coefficient (Wildman–Crippen LogP) is 4.76. The zero-order valence-electron chi connectivity index (χ0n) is 17.5. The van der Waals surface area contributed by atoms with Crippen molar-refractivity contribution in [1.82, 2.24) is 10.6 Å². The summed E-state index contributed by atoms with van der Waals surface area (Å²) in [5.41, 5.74) is 1.63. The summed E-state index contributed by atoms with van der Waals surface area (Å²) in [5, 5.41) is 6.21. The van der Waals surface area contributed by atoms with Crippen LogP contribution in [0.1, 0.15) is 21.7 Å². The van der Waals surface area contributed by atoms with Crippen molar-refractivity contribution in [3.8, 4) is 5.75 Å². The topological polar surface area (TPSA) is 80.6 Å². The van der Waals surface area contributed by atoms with E-state index in [4.69, 9.17) is 20.8 Å². The number of thioether (sulfide) groups is 1. The molecule has 0 spiro atoms. The van der Waals surface area contributed by atoms with Gasteiger partial charge >= 0.3 is 0 Å². The third-order valence-electron chi connectivity index (χ3n) is 4.36. The number of carbonyl (C=O) groups excluding carboxylic acids is 2. The van der Waals surface area contributed by atoms with E-state index >= 15 is 0 Å². The molecule has 6 nitrogen and oxygen atoms in total. The Labute approximate surface area is 196 Å². The molecule has 2 N–H and O–H groups in total. The molecule has 0 bridgehead atoms. The van der Waals surface area contributed by atoms with Gasteiger partial charge in [-0.25, -0.2) is 0 Å². The van der Waals surface area contributed by atoms with Crippen LogP contribution in [0.4, 0.5) is 0 Å². The van der Waals surface area contributed by atoms with Gasteiger partial charge in [-0.1, -0.05) is 23.7 Å². The van der Waals surface area contributed by atoms with E-state index in [2.05, 4.69) is 10.6 Å². The maximum Gasteiger partial charge on any atom is 0.267 e. The molecule has 1 aromatic heterocycles. The van der Waals surface area contributed by atoms with E-state index < -0.39 is 11.8 Å². The molecule has 0 saturated carbocycles. The van der Waals surface area contributed by atoms with Crippen LogP contribution in [0.15, 0.2) is 77.0 Å². The minimum atomic E-state index is -0.407. The second-order valence-corrected chi connectivity index (χ2v) is 8.24. The van der Waals surface area contributed by atoms with E-state index in [0.29, 0.717) is 34.4 Å². The number of hydrogen-bond donors (Lipinski definition) is 2. The summed E-state index contributed by atoms with van der Waals surface area (Å²) in [6, 6.07) is 17.7. The second-order valence-electron chi connectivity index (χ2n) is 6.69. The number of halogens is 1. The molecule has 1 heterocycles. The molecule has 0 fully saturated rings. The highest BCUT2D eigenvalue weighted by Crippen LogP contribution is 2.16. The normalized spacial score (nSPS) is 11.1. The van der Waals surface area contributed by atoms with Crippen LogP contribution < -0.4 is 15.4 Å². The molecule has 0 unspecified atom stereocenters. The number of amides is 2. The average Bonchev–Trinajstić information content (AvgIpc) is 3.31. The standard InChI is InChI=1S/C24H23ClN2O4S/c1-30-20-9-7-18(8-10-20)23(28)27-22(15-21-6-3-12-31-21)24(29)26-11-13-32-16-17-4-2-5-19(25)14-17/h2-10,12,14-15H,11,13,16H2,1H3,(H,26,29)(H,27,28)/b22-15-. The molecule has 3 rings (SSSR count). The third-order valence-corrected chi connectivity index (χ3v) is 5.63. The smallest absolute Gasteiger partial charge is 0.267 e. The van der Waals surface area contributed by atoms with Gasteiger partial charge in [-0.15, -0.1) is 0 Å². The van der Waals surface area contributed by atoms with Crippen molar-refractivity contribution in [1.29, 1.82) is 0 Å². The average molecular weight is 471 g/mol. The van der Waals surface area contributed by atoms with Crippen molar-refractivity contribution >= 4 is 41.3 Å². The van der Waals surface area contributed by atoms with Crippen molar-refractivity contribution in [3.63, 3.8) is 0 Å². The number of methoxy groups -OCH3 is 1. The summed E-state index contributed by atoms with van der Waals surface area (Å²) in [6.07, 6.45) is 3.00. The van der Waals surface area contributed by atoms with Gasteiger partial charge in [-0.3, -0.25) is 9.59 Å². The molecule has 0 saturated heterocycles. The third kappa shape index (κ3) is 7.21. The number of nitrogens with one attached hydrogen (secondary N) is 2. The van der Waals surface area contributed by atoms with Crippen LogP contribution in [0.3, 0.4) is 0 Å². The zero-order chi connectivity index (χ0) is 22.8. The number of rotatable bonds is 10. The van der Waals surface area contributed by atoms with Crippen LogP contribution in [0.25, 0.3) is 6.08 Å². The van der Waals surface area contributed by atoms with E-state index in [-0.39, 0.29) is 5.70 Å². The van der Waals surface area contributed by atoms with Gasteiger partial charge in [0, 0.05) is 34.7 Å². The highest BCUT2D eigenvalue weighted by molar-refractivity contribution is 7.98. The molecule has 2 amide bonds. The van der Waals surface area contributed by atoms with E-state index in [9.17, 15) is 9.59 Å². The molecule has 0 aliphatic carbocycles. The Kier molecular flexibility index (Phi) is 8.83. The van der Waals surface area contributed by atoms with Crippen LogP contribution in [0.5, 0.6) is 5.75 Å². The fourth-order valence-corrected chi connectivity index (χ4v) is 3.78. The molecular formula is C24H23ClN2O4S. The first-order chi connectivity index (χ1) is 15.5. The molecular weight excluding hydrogens is 448 g/mol. The number of carbonyl (C=O) groups is 2. The maximum absolute atomic E-state index is 12.7. The Hall–Kier alpha value is -3.16. The summed E-state index contributed by atoms with van der Waals surface area (Å²) in [5.74, 6) is 1.79. The predicted molar refractivity (Wildman–Crippen MR) is 128 cm³/mol. The summed E-state index contributed by atoms with van der Waals surface area (Å²) >= 11 is 7.68. The molecule has 0 radical (unpaired) electrons. The first-order valence-electron chi connectivity index (χ1n) is 9.86. The monoisotopic (exact) mass is 470 g/mol. The van der Waals surface area contributed by atoms with Gasteiger partial charge in [0.15, 0.2) is 0 Å². The fourth-order valence-electron chi connectivity index (χ4n) is 2.76. The van der Waals surface area contributed by atoms with Crippen molar-refractivity contribution in [2.75, 3.05) is 19.4 Å². The summed E-state index contributed by atoms with van der Waals surface area (Å²) in [7, 11) is 1.55. The van der Waals surface area contributed by atoms with E-state index in [1.165, 1.54) is 12.3 Å². The van der Waals surface area contributed by atoms with E-state index in [1.807, 2.05) is 24.3 Å². The van der Waals surface area contributed by atoms with Crippen molar-refractivity contribution in [2.45, 2.75) is 5.75 Å². The quantitative estimate of drug-likeness (QED) is 0.330. The lowest BCUT2D eigenvalue weighted by Crippen LogP contribution is -2.35. The van der Waals surface area contributed by atoms with Crippen LogP contribution in [0.2, 0.25) is 5.02 Å². The van der Waals surface area contributed by atoms with Gasteiger partial charge in [-0.05, 0) is 54.1 Å². The minimum absolute atomic E-state index is 0.0978. The van der Waals surface area contributed by atoms with Gasteiger partial charge in [0.1, 0.15) is 17.2 Å². The first kappa shape index (κ1) is 23.5. The largest absolute Gasteiger partial charge is 0.497 e. The molecule has 32 heavy (non-hydrogen) atoms. The first-order valence-corrected chi connectivity index (χ1v) is 11.4. The number of benzene rings is 2. The van der Waals surface area contributed by atoms with Crippen molar-refractivity contribution in [3.05, 3.63) is 94.5 Å². The fraction of sp³-hybridized carbons (Fsp3) is 0.167. The van der Waals surface area contributed by atoms with E-state index in [1.54, 1.807) is 55.3 Å². The van der Waals surface area contributed by atoms with Gasteiger partial charge in [0.2, 0.25) is 0 Å². The Bertz CT molecular complexity index is 1070. The molecule has 8 heteroatoms. The van der Waals surface area contributed by atoms with Crippen LogP contribution in [0, 0.1) is 0 Å². The molecule has 2 aromatic carbocycles. The lowest BCUT2D eigenvalue weighted by molar-refractivity contribution is -0.117. The minimum Gasteiger partial charge on any atom is -0.497 e. The molecule has 166 valence electrons. The molecule has 0 aliphatic rings. The molecule has 0 aliphatic heterocycles. The van der Waals surface area contributed by atoms with Gasteiger partial charge in [-0.2, -0.15) is 11.8 Å². The van der Waals surface area contributed by atoms with Crippen LogP contribution in [-0.2, 0) is 10.5 Å². The highest BCUT2D eigenvalue weighted by atomic mass is 35.5. The zero-order valence-corrected chi connectivity index (χ0v) is 19.0. The number of hydrogen-bond acceptors (Lipinski definition) is 5.